The van der Waals surface area contributed by atoms with Gasteiger partial charge in [-0.1, -0.05) is 5.92 Å². The van der Waals surface area contributed by atoms with E-state index in [-0.39, 0.29) is 0 Å². The molecule has 1 nitrogen and oxygen atoms in total. The fourth-order valence-corrected chi connectivity index (χ4v) is 0.459. The van der Waals surface area contributed by atoms with E-state index in [4.69, 9.17) is 5.11 Å². The number of hydrogen-bond acceptors (Lipinski definition) is 1. The maximum atomic E-state index is 8.81. The summed E-state index contributed by atoms with van der Waals surface area (Å²) in [4.78, 5) is 0. The zero-order valence-electron chi connectivity index (χ0n) is 4.45. The molecule has 2 heteroatoms. The minimum atomic E-state index is -0.859. The molecular formula is C5H7OSi. The van der Waals surface area contributed by atoms with Crippen LogP contribution in [0.2, 0.25) is 0 Å². The van der Waals surface area contributed by atoms with Gasteiger partial charge >= 0.3 is 0 Å². The van der Waals surface area contributed by atoms with Crippen LogP contribution in [0.25, 0.3) is 0 Å². The van der Waals surface area contributed by atoms with Gasteiger partial charge in [0.1, 0.15) is 15.8 Å². The fourth-order valence-electron chi connectivity index (χ4n) is 0.153. The van der Waals surface area contributed by atoms with Crippen LogP contribution in [-0.2, 0) is 0 Å². The van der Waals surface area contributed by atoms with Crippen molar-refractivity contribution < 1.29 is 5.11 Å². The highest BCUT2D eigenvalue weighted by molar-refractivity contribution is 6.22. The Morgan fingerprint density at radius 2 is 2.00 bits per heavy atom. The Hall–Kier alpha value is -0.263. The molecule has 0 aliphatic rings. The van der Waals surface area contributed by atoms with E-state index in [1.54, 1.807) is 13.8 Å². The summed E-state index contributed by atoms with van der Waals surface area (Å²) >= 11 is 0. The molecule has 0 amide bonds. The van der Waals surface area contributed by atoms with Crippen LogP contribution in [0.5, 0.6) is 0 Å². The molecule has 0 atom stereocenters. The monoisotopic (exact) mass is 111 g/mol. The first-order valence-electron chi connectivity index (χ1n) is 1.97. The van der Waals surface area contributed by atoms with Crippen LogP contribution in [0.3, 0.4) is 0 Å². The van der Waals surface area contributed by atoms with Crippen LogP contribution in [-0.4, -0.2) is 21.0 Å². The highest BCUT2D eigenvalue weighted by atomic mass is 28.1. The normalized spacial score (nSPS) is 9.71. The van der Waals surface area contributed by atoms with E-state index in [0.29, 0.717) is 0 Å². The Bertz CT molecular complexity index is 101. The molecule has 0 aromatic heterocycles. The zero-order valence-corrected chi connectivity index (χ0v) is 5.45. The van der Waals surface area contributed by atoms with Crippen molar-refractivity contribution in [2.24, 2.45) is 0 Å². The summed E-state index contributed by atoms with van der Waals surface area (Å²) < 4.78 is 0. The lowest BCUT2D eigenvalue weighted by Gasteiger charge is -2.04. The van der Waals surface area contributed by atoms with Crippen LogP contribution in [0.4, 0.5) is 0 Å². The molecule has 0 spiro atoms. The van der Waals surface area contributed by atoms with Crippen LogP contribution < -0.4 is 0 Å². The van der Waals surface area contributed by atoms with Gasteiger partial charge in [0.2, 0.25) is 0 Å². The standard InChI is InChI=1S/C5H7OSi/c1-5(2,6)3-4-7/h6H,1-2H3. The Balaban J connectivity index is 3.72. The van der Waals surface area contributed by atoms with Gasteiger partial charge in [-0.05, 0) is 13.8 Å². The quantitative estimate of drug-likeness (QED) is 0.341. The second-order valence-corrected chi connectivity index (χ2v) is 2.06. The average Bonchev–Trinajstić information content (AvgIpc) is 1.30. The highest BCUT2D eigenvalue weighted by Gasteiger charge is 2.03. The molecule has 0 heterocycles. The van der Waals surface area contributed by atoms with Crippen molar-refractivity contribution in [2.75, 3.05) is 0 Å². The molecule has 0 aliphatic carbocycles. The Morgan fingerprint density at radius 1 is 1.57 bits per heavy atom. The van der Waals surface area contributed by atoms with Gasteiger partial charge in [-0.15, -0.1) is 5.54 Å². The molecular weight excluding hydrogens is 104 g/mol. The number of hydrogen-bond donors (Lipinski definition) is 1. The summed E-state index contributed by atoms with van der Waals surface area (Å²) in [6.07, 6.45) is 0. The van der Waals surface area contributed by atoms with Crippen molar-refractivity contribution in [3.05, 3.63) is 0 Å². The molecule has 0 aliphatic heterocycles. The Kier molecular flexibility index (Phi) is 2.07. The third kappa shape index (κ3) is 5.74. The topological polar surface area (TPSA) is 20.2 Å². The number of aliphatic hydroxyl groups is 1. The van der Waals surface area contributed by atoms with Crippen molar-refractivity contribution in [3.8, 4) is 11.5 Å². The predicted octanol–water partition coefficient (Wildman–Crippen LogP) is -0.113. The van der Waals surface area contributed by atoms with Crippen LogP contribution in [0, 0.1) is 11.5 Å². The van der Waals surface area contributed by atoms with E-state index in [9.17, 15) is 0 Å². The Labute approximate surface area is 47.2 Å². The summed E-state index contributed by atoms with van der Waals surface area (Å²) in [7, 11) is 2.91. The third-order valence-corrected chi connectivity index (χ3v) is 0.493. The van der Waals surface area contributed by atoms with Gasteiger partial charge in [0, 0.05) is 0 Å². The second-order valence-electron chi connectivity index (χ2n) is 1.81. The molecule has 0 unspecified atom stereocenters. The molecule has 0 saturated carbocycles. The summed E-state index contributed by atoms with van der Waals surface area (Å²) in [5.74, 6) is 2.50. The molecule has 0 bridgehead atoms. The largest absolute Gasteiger partial charge is 0.378 e. The van der Waals surface area contributed by atoms with Crippen LogP contribution in [0.15, 0.2) is 0 Å². The van der Waals surface area contributed by atoms with Gasteiger partial charge in [-0.3, -0.25) is 0 Å². The fraction of sp³-hybridized carbons (Fsp3) is 0.600. The van der Waals surface area contributed by atoms with Gasteiger partial charge in [0.05, 0.1) is 0 Å². The van der Waals surface area contributed by atoms with Crippen LogP contribution >= 0.6 is 0 Å². The Morgan fingerprint density at radius 3 is 2.00 bits per heavy atom. The molecule has 0 rings (SSSR count). The van der Waals surface area contributed by atoms with Crippen molar-refractivity contribution in [3.63, 3.8) is 0 Å². The summed E-state index contributed by atoms with van der Waals surface area (Å²) in [6.45, 7) is 3.25. The number of rotatable bonds is 0. The first-order chi connectivity index (χ1) is 3.06. The molecule has 37 valence electrons. The summed E-state index contributed by atoms with van der Waals surface area (Å²) in [6, 6.07) is 0. The van der Waals surface area contributed by atoms with E-state index >= 15 is 0 Å². The molecule has 0 fully saturated rings. The minimum absolute atomic E-state index is 0.859. The maximum Gasteiger partial charge on any atom is 0.147 e. The molecule has 0 aromatic rings. The van der Waals surface area contributed by atoms with Gasteiger partial charge in [0.25, 0.3) is 0 Å². The molecule has 7 heavy (non-hydrogen) atoms. The zero-order chi connectivity index (χ0) is 5.91. The van der Waals surface area contributed by atoms with E-state index in [1.165, 1.54) is 0 Å². The predicted molar refractivity (Wildman–Crippen MR) is 29.8 cm³/mol. The molecule has 0 saturated heterocycles. The van der Waals surface area contributed by atoms with Crippen LogP contribution in [0.1, 0.15) is 13.8 Å². The van der Waals surface area contributed by atoms with Gasteiger partial charge in [-0.2, -0.15) is 0 Å². The smallest absolute Gasteiger partial charge is 0.147 e. The van der Waals surface area contributed by atoms with Crippen molar-refractivity contribution >= 4 is 10.2 Å². The van der Waals surface area contributed by atoms with E-state index in [1.807, 2.05) is 0 Å². The first-order valence-corrected chi connectivity index (χ1v) is 2.47. The van der Waals surface area contributed by atoms with E-state index in [2.05, 4.69) is 21.7 Å². The average molecular weight is 111 g/mol. The second kappa shape index (κ2) is 2.15. The lowest BCUT2D eigenvalue weighted by atomic mass is 10.2. The van der Waals surface area contributed by atoms with Crippen molar-refractivity contribution in [2.45, 2.75) is 19.4 Å². The highest BCUT2D eigenvalue weighted by Crippen LogP contribution is 1.94. The van der Waals surface area contributed by atoms with Gasteiger partial charge in [-0.25, -0.2) is 0 Å². The van der Waals surface area contributed by atoms with E-state index < -0.39 is 5.60 Å². The molecule has 1 N–H and O–H groups in total. The van der Waals surface area contributed by atoms with Crippen molar-refractivity contribution in [1.29, 1.82) is 0 Å². The molecule has 3 radical (unpaired) electrons. The summed E-state index contributed by atoms with van der Waals surface area (Å²) in [5.41, 5.74) is 1.55. The molecule has 0 aromatic carbocycles. The third-order valence-electron chi connectivity index (χ3n) is 0.368. The van der Waals surface area contributed by atoms with Gasteiger partial charge < -0.3 is 5.11 Å². The van der Waals surface area contributed by atoms with Gasteiger partial charge in [0.15, 0.2) is 0 Å². The maximum absolute atomic E-state index is 8.81. The SMILES string of the molecule is CC(C)(O)C#C[Si]. The first kappa shape index (κ1) is 6.74. The lowest BCUT2D eigenvalue weighted by molar-refractivity contribution is 0.144. The van der Waals surface area contributed by atoms with E-state index in [0.717, 1.165) is 0 Å². The summed E-state index contributed by atoms with van der Waals surface area (Å²) in [5, 5.41) is 8.81. The van der Waals surface area contributed by atoms with Crippen molar-refractivity contribution in [1.82, 2.24) is 0 Å². The lowest BCUT2D eigenvalue weighted by Crippen LogP contribution is -2.14. The minimum Gasteiger partial charge on any atom is -0.378 e.